The second-order valence-corrected chi connectivity index (χ2v) is 5.35. The molecule has 0 heterocycles. The number of ether oxygens (including phenoxy) is 1. The fourth-order valence-corrected chi connectivity index (χ4v) is 1.31. The molecule has 0 N–H and O–H groups in total. The number of hydrogen-bond acceptors (Lipinski definition) is 2. The Labute approximate surface area is 104 Å². The van der Waals surface area contributed by atoms with Gasteiger partial charge in [-0.15, -0.1) is 0 Å². The molecule has 0 aliphatic rings. The highest BCUT2D eigenvalue weighted by Crippen LogP contribution is 2.24. The molecule has 1 aromatic rings. The van der Waals surface area contributed by atoms with E-state index in [1.807, 2.05) is 45.0 Å². The van der Waals surface area contributed by atoms with E-state index in [0.29, 0.717) is 11.7 Å². The molecule has 0 radical (unpaired) electrons. The molecular weight excluding hydrogens is 212 g/mol. The highest BCUT2D eigenvalue weighted by Gasteiger charge is 2.27. The largest absolute Gasteiger partial charge is 0.426 e. The molecule has 0 saturated carbocycles. The van der Waals surface area contributed by atoms with E-state index in [-0.39, 0.29) is 5.97 Å². The van der Waals surface area contributed by atoms with Crippen LogP contribution in [-0.2, 0) is 4.79 Å². The molecule has 0 aliphatic heterocycles. The Bertz CT molecular complexity index is 374. The Balaban J connectivity index is 2.73. The first kappa shape index (κ1) is 13.8. The van der Waals surface area contributed by atoms with E-state index in [1.54, 1.807) is 0 Å². The van der Waals surface area contributed by atoms with Gasteiger partial charge >= 0.3 is 5.97 Å². The third-order valence-corrected chi connectivity index (χ3v) is 3.19. The highest BCUT2D eigenvalue weighted by atomic mass is 16.5. The van der Waals surface area contributed by atoms with Gasteiger partial charge in [0.2, 0.25) is 0 Å². The minimum Gasteiger partial charge on any atom is -0.426 e. The summed E-state index contributed by atoms with van der Waals surface area (Å²) in [7, 11) is 0. The number of hydrogen-bond donors (Lipinski definition) is 0. The van der Waals surface area contributed by atoms with Gasteiger partial charge in [-0.1, -0.05) is 32.9 Å². The average molecular weight is 234 g/mol. The van der Waals surface area contributed by atoms with E-state index >= 15 is 0 Å². The van der Waals surface area contributed by atoms with E-state index in [2.05, 4.69) is 13.8 Å². The summed E-state index contributed by atoms with van der Waals surface area (Å²) in [5.74, 6) is 0.949. The Morgan fingerprint density at radius 2 is 1.76 bits per heavy atom. The minimum absolute atomic E-state index is 0.169. The predicted octanol–water partition coefficient (Wildman–Crippen LogP) is 4.15. The predicted molar refractivity (Wildman–Crippen MR) is 70.2 cm³/mol. The van der Waals surface area contributed by atoms with Crippen LogP contribution in [0.3, 0.4) is 0 Å². The van der Waals surface area contributed by atoms with Crippen molar-refractivity contribution in [3.05, 3.63) is 29.8 Å². The zero-order valence-corrected chi connectivity index (χ0v) is 11.4. The maximum absolute atomic E-state index is 11.9. The van der Waals surface area contributed by atoms with Gasteiger partial charge in [0.25, 0.3) is 0 Å². The summed E-state index contributed by atoms with van der Waals surface area (Å²) in [6.45, 7) is 10.1. The van der Waals surface area contributed by atoms with Crippen molar-refractivity contribution < 1.29 is 9.53 Å². The molecule has 0 aliphatic carbocycles. The Morgan fingerprint density at radius 3 is 2.18 bits per heavy atom. The first-order valence-corrected chi connectivity index (χ1v) is 6.19. The monoisotopic (exact) mass is 234 g/mol. The van der Waals surface area contributed by atoms with Crippen molar-refractivity contribution in [2.24, 2.45) is 5.41 Å². The van der Waals surface area contributed by atoms with Crippen LogP contribution in [-0.4, -0.2) is 5.97 Å². The molecule has 0 atom stereocenters. The molecular formula is C15H22O2. The fraction of sp³-hybridized carbons (Fsp3) is 0.533. The summed E-state index contributed by atoms with van der Waals surface area (Å²) < 4.78 is 5.37. The molecule has 0 amide bonds. The van der Waals surface area contributed by atoms with Gasteiger partial charge < -0.3 is 4.74 Å². The van der Waals surface area contributed by atoms with Crippen LogP contribution in [0.1, 0.15) is 52.5 Å². The second-order valence-electron chi connectivity index (χ2n) is 5.35. The van der Waals surface area contributed by atoms with Crippen LogP contribution in [0.5, 0.6) is 5.75 Å². The molecule has 17 heavy (non-hydrogen) atoms. The normalized spacial score (nSPS) is 11.6. The van der Waals surface area contributed by atoms with Gasteiger partial charge in [-0.05, 0) is 43.9 Å². The fourth-order valence-electron chi connectivity index (χ4n) is 1.31. The van der Waals surface area contributed by atoms with Crippen molar-refractivity contribution >= 4 is 5.97 Å². The maximum Gasteiger partial charge on any atom is 0.316 e. The van der Waals surface area contributed by atoms with E-state index in [0.717, 1.165) is 6.42 Å². The van der Waals surface area contributed by atoms with Crippen LogP contribution in [0.4, 0.5) is 0 Å². The number of carbonyl (C=O) groups is 1. The van der Waals surface area contributed by atoms with Crippen LogP contribution >= 0.6 is 0 Å². The number of rotatable bonds is 4. The van der Waals surface area contributed by atoms with E-state index in [4.69, 9.17) is 4.74 Å². The van der Waals surface area contributed by atoms with Crippen molar-refractivity contribution in [3.8, 4) is 5.75 Å². The molecule has 0 bridgehead atoms. The lowest BCUT2D eigenvalue weighted by atomic mass is 9.91. The van der Waals surface area contributed by atoms with E-state index in [1.165, 1.54) is 5.56 Å². The summed E-state index contributed by atoms with van der Waals surface area (Å²) in [6.07, 6.45) is 0.774. The molecule has 0 aromatic heterocycles. The van der Waals surface area contributed by atoms with Crippen LogP contribution in [0.2, 0.25) is 0 Å². The van der Waals surface area contributed by atoms with Crippen molar-refractivity contribution in [1.82, 2.24) is 0 Å². The van der Waals surface area contributed by atoms with Crippen LogP contribution in [0, 0.1) is 5.41 Å². The zero-order valence-electron chi connectivity index (χ0n) is 11.4. The molecule has 0 fully saturated rings. The summed E-state index contributed by atoms with van der Waals surface area (Å²) >= 11 is 0. The van der Waals surface area contributed by atoms with Gasteiger partial charge in [-0.2, -0.15) is 0 Å². The Kier molecular flexibility index (Phi) is 4.33. The Morgan fingerprint density at radius 1 is 1.24 bits per heavy atom. The molecule has 94 valence electrons. The molecule has 1 aromatic carbocycles. The summed E-state index contributed by atoms with van der Waals surface area (Å²) in [4.78, 5) is 11.9. The van der Waals surface area contributed by atoms with Gasteiger partial charge in [0.15, 0.2) is 0 Å². The van der Waals surface area contributed by atoms with Gasteiger partial charge in [0.1, 0.15) is 5.75 Å². The van der Waals surface area contributed by atoms with Gasteiger partial charge in [0.05, 0.1) is 5.41 Å². The number of esters is 1. The topological polar surface area (TPSA) is 26.3 Å². The molecule has 0 unspecified atom stereocenters. The Hall–Kier alpha value is -1.31. The standard InChI is InChI=1S/C15H22O2/c1-6-15(4,5)14(16)17-13-9-7-12(8-10-13)11(2)3/h7-11H,6H2,1-5H3. The minimum atomic E-state index is -0.420. The molecule has 0 saturated heterocycles. The van der Waals surface area contributed by atoms with Gasteiger partial charge in [0, 0.05) is 0 Å². The molecule has 2 heteroatoms. The molecule has 0 spiro atoms. The smallest absolute Gasteiger partial charge is 0.316 e. The SMILES string of the molecule is CCC(C)(C)C(=O)Oc1ccc(C(C)C)cc1. The number of carbonyl (C=O) groups excluding carboxylic acids is 1. The molecule has 1 rings (SSSR count). The quantitative estimate of drug-likeness (QED) is 0.578. The lowest BCUT2D eigenvalue weighted by Crippen LogP contribution is -2.28. The lowest BCUT2D eigenvalue weighted by Gasteiger charge is -2.20. The van der Waals surface area contributed by atoms with Crippen molar-refractivity contribution in [2.75, 3.05) is 0 Å². The van der Waals surface area contributed by atoms with Crippen LogP contribution < -0.4 is 4.74 Å². The van der Waals surface area contributed by atoms with E-state index in [9.17, 15) is 4.79 Å². The van der Waals surface area contributed by atoms with Crippen molar-refractivity contribution in [1.29, 1.82) is 0 Å². The average Bonchev–Trinajstić information content (AvgIpc) is 2.29. The van der Waals surface area contributed by atoms with Crippen molar-refractivity contribution in [3.63, 3.8) is 0 Å². The first-order chi connectivity index (χ1) is 7.86. The lowest BCUT2D eigenvalue weighted by molar-refractivity contribution is -0.144. The maximum atomic E-state index is 11.9. The first-order valence-electron chi connectivity index (χ1n) is 6.19. The van der Waals surface area contributed by atoms with Crippen molar-refractivity contribution in [2.45, 2.75) is 47.0 Å². The summed E-state index contributed by atoms with van der Waals surface area (Å²) in [5, 5.41) is 0. The zero-order chi connectivity index (χ0) is 13.1. The molecule has 2 nitrogen and oxygen atoms in total. The van der Waals surface area contributed by atoms with Gasteiger partial charge in [-0.3, -0.25) is 4.79 Å². The summed E-state index contributed by atoms with van der Waals surface area (Å²) in [5.41, 5.74) is 0.830. The van der Waals surface area contributed by atoms with E-state index < -0.39 is 5.41 Å². The van der Waals surface area contributed by atoms with Crippen LogP contribution in [0.15, 0.2) is 24.3 Å². The van der Waals surface area contributed by atoms with Crippen LogP contribution in [0.25, 0.3) is 0 Å². The highest BCUT2D eigenvalue weighted by molar-refractivity contribution is 5.78. The third kappa shape index (κ3) is 3.58. The summed E-state index contributed by atoms with van der Waals surface area (Å²) in [6, 6.07) is 7.73. The van der Waals surface area contributed by atoms with Gasteiger partial charge in [-0.25, -0.2) is 0 Å². The third-order valence-electron chi connectivity index (χ3n) is 3.19. The second kappa shape index (κ2) is 5.35. The number of benzene rings is 1.